The van der Waals surface area contributed by atoms with E-state index in [-0.39, 0.29) is 0 Å². The van der Waals surface area contributed by atoms with Crippen LogP contribution in [0.25, 0.3) is 22.3 Å². The van der Waals surface area contributed by atoms with E-state index in [1.807, 2.05) is 18.2 Å². The number of hydrogen-bond donors (Lipinski definition) is 0. The van der Waals surface area contributed by atoms with Crippen LogP contribution in [0, 0.1) is 7.14 Å². The van der Waals surface area contributed by atoms with Gasteiger partial charge in [0.05, 0.1) is 0 Å². The average molecular weight is 517 g/mol. The molecule has 0 aromatic heterocycles. The van der Waals surface area contributed by atoms with Crippen molar-refractivity contribution in [2.24, 2.45) is 0 Å². The fraction of sp³-hybridized carbons (Fsp3) is 0. The fourth-order valence-electron chi connectivity index (χ4n) is 2.23. The van der Waals surface area contributed by atoms with E-state index in [1.54, 1.807) is 0 Å². The van der Waals surface area contributed by atoms with Crippen molar-refractivity contribution in [3.8, 4) is 22.3 Å². The highest BCUT2D eigenvalue weighted by Crippen LogP contribution is 2.34. The van der Waals surface area contributed by atoms with Gasteiger partial charge in [-0.25, -0.2) is 0 Å². The Morgan fingerprint density at radius 3 is 2.00 bits per heavy atom. The van der Waals surface area contributed by atoms with Crippen molar-refractivity contribution >= 4 is 56.8 Å². The molecule has 0 fully saturated rings. The van der Waals surface area contributed by atoms with Gasteiger partial charge in [0.15, 0.2) is 0 Å². The molecule has 21 heavy (non-hydrogen) atoms. The molecule has 0 atom stereocenters. The number of rotatable bonds is 2. The third kappa shape index (κ3) is 3.43. The standard InChI is InChI=1S/C18H11ClI2/c19-15-8-6-13(7-9-15)16-10-14(11-17(20)18(16)21)12-4-2-1-3-5-12/h1-11H. The van der Waals surface area contributed by atoms with Crippen LogP contribution in [0.15, 0.2) is 66.7 Å². The van der Waals surface area contributed by atoms with E-state index in [2.05, 4.69) is 93.7 Å². The van der Waals surface area contributed by atoms with E-state index in [9.17, 15) is 0 Å². The molecule has 3 heteroatoms. The molecule has 0 unspecified atom stereocenters. The summed E-state index contributed by atoms with van der Waals surface area (Å²) in [7, 11) is 0. The first-order chi connectivity index (χ1) is 10.1. The van der Waals surface area contributed by atoms with E-state index < -0.39 is 0 Å². The second-order valence-corrected chi connectivity index (χ2v) is 7.37. The summed E-state index contributed by atoms with van der Waals surface area (Å²) in [6.07, 6.45) is 0. The molecule has 3 aromatic carbocycles. The average Bonchev–Trinajstić information content (AvgIpc) is 2.52. The van der Waals surface area contributed by atoms with Gasteiger partial charge in [0.2, 0.25) is 0 Å². The van der Waals surface area contributed by atoms with Gasteiger partial charge in [-0.3, -0.25) is 0 Å². The normalized spacial score (nSPS) is 10.6. The Morgan fingerprint density at radius 2 is 1.33 bits per heavy atom. The molecule has 3 rings (SSSR count). The molecule has 104 valence electrons. The van der Waals surface area contributed by atoms with E-state index in [1.165, 1.54) is 29.4 Å². The summed E-state index contributed by atoms with van der Waals surface area (Å²) in [4.78, 5) is 0. The summed E-state index contributed by atoms with van der Waals surface area (Å²) in [5, 5.41) is 0.766. The highest BCUT2D eigenvalue weighted by Gasteiger charge is 2.10. The van der Waals surface area contributed by atoms with E-state index in [4.69, 9.17) is 11.6 Å². The van der Waals surface area contributed by atoms with Crippen LogP contribution < -0.4 is 0 Å². The molecule has 0 aliphatic rings. The summed E-state index contributed by atoms with van der Waals surface area (Å²) in [5.41, 5.74) is 4.92. The van der Waals surface area contributed by atoms with Crippen LogP contribution in [-0.4, -0.2) is 0 Å². The Kier molecular flexibility index (Phi) is 4.86. The molecule has 0 bridgehead atoms. The van der Waals surface area contributed by atoms with Crippen LogP contribution >= 0.6 is 56.8 Å². The Balaban J connectivity index is 2.17. The lowest BCUT2D eigenvalue weighted by molar-refractivity contribution is 1.52. The van der Waals surface area contributed by atoms with Crippen LogP contribution in [0.1, 0.15) is 0 Å². The van der Waals surface area contributed by atoms with Crippen molar-refractivity contribution in [2.45, 2.75) is 0 Å². The predicted octanol–water partition coefficient (Wildman–Crippen LogP) is 6.88. The molecule has 0 amide bonds. The Labute approximate surface area is 156 Å². The zero-order valence-corrected chi connectivity index (χ0v) is 16.1. The molecule has 0 nitrogen and oxygen atoms in total. The maximum absolute atomic E-state index is 5.99. The quantitative estimate of drug-likeness (QED) is 0.326. The number of benzene rings is 3. The zero-order valence-electron chi connectivity index (χ0n) is 11.0. The second-order valence-electron chi connectivity index (χ2n) is 4.69. The summed E-state index contributed by atoms with van der Waals surface area (Å²) in [5.74, 6) is 0. The van der Waals surface area contributed by atoms with Gasteiger partial charge in [0.1, 0.15) is 0 Å². The van der Waals surface area contributed by atoms with Gasteiger partial charge in [-0.1, -0.05) is 54.1 Å². The summed E-state index contributed by atoms with van der Waals surface area (Å²) in [6.45, 7) is 0. The Morgan fingerprint density at radius 1 is 0.667 bits per heavy atom. The first-order valence-electron chi connectivity index (χ1n) is 6.45. The minimum absolute atomic E-state index is 0.766. The number of hydrogen-bond acceptors (Lipinski definition) is 0. The first kappa shape index (κ1) is 15.3. The third-order valence-electron chi connectivity index (χ3n) is 3.29. The molecule has 0 radical (unpaired) electrons. The van der Waals surface area contributed by atoms with E-state index >= 15 is 0 Å². The lowest BCUT2D eigenvalue weighted by Crippen LogP contribution is -1.90. The molecule has 0 saturated carbocycles. The summed E-state index contributed by atoms with van der Waals surface area (Å²) in [6, 6.07) is 23.0. The third-order valence-corrected chi connectivity index (χ3v) is 6.59. The van der Waals surface area contributed by atoms with Gasteiger partial charge in [-0.15, -0.1) is 0 Å². The minimum atomic E-state index is 0.766. The fourth-order valence-corrected chi connectivity index (χ4v) is 3.60. The maximum Gasteiger partial charge on any atom is 0.0406 e. The lowest BCUT2D eigenvalue weighted by Gasteiger charge is -2.11. The summed E-state index contributed by atoms with van der Waals surface area (Å²) < 4.78 is 2.54. The molecule has 3 aromatic rings. The van der Waals surface area contributed by atoms with Gasteiger partial charge in [0.25, 0.3) is 0 Å². The molecule has 0 heterocycles. The van der Waals surface area contributed by atoms with Gasteiger partial charge in [-0.2, -0.15) is 0 Å². The first-order valence-corrected chi connectivity index (χ1v) is 8.99. The molecule has 0 aliphatic carbocycles. The molecule has 0 N–H and O–H groups in total. The lowest BCUT2D eigenvalue weighted by atomic mass is 9.99. The monoisotopic (exact) mass is 516 g/mol. The van der Waals surface area contributed by atoms with Gasteiger partial charge >= 0.3 is 0 Å². The maximum atomic E-state index is 5.99. The van der Waals surface area contributed by atoms with Crippen LogP contribution in [0.4, 0.5) is 0 Å². The highest BCUT2D eigenvalue weighted by molar-refractivity contribution is 14.1. The second kappa shape index (κ2) is 6.67. The van der Waals surface area contributed by atoms with Crippen LogP contribution in [0.2, 0.25) is 5.02 Å². The molecular formula is C18H11ClI2. The largest absolute Gasteiger partial charge is 0.0843 e. The Hall–Kier alpha value is -0.590. The van der Waals surface area contributed by atoms with Gasteiger partial charge in [0, 0.05) is 12.2 Å². The van der Waals surface area contributed by atoms with Crippen molar-refractivity contribution in [1.82, 2.24) is 0 Å². The van der Waals surface area contributed by atoms with Gasteiger partial charge in [-0.05, 0) is 91.7 Å². The minimum Gasteiger partial charge on any atom is -0.0843 e. The molecule has 0 aliphatic heterocycles. The van der Waals surface area contributed by atoms with Crippen molar-refractivity contribution in [2.75, 3.05) is 0 Å². The number of halogens is 3. The molecular weight excluding hydrogens is 505 g/mol. The van der Waals surface area contributed by atoms with Crippen LogP contribution in [0.5, 0.6) is 0 Å². The van der Waals surface area contributed by atoms with Crippen molar-refractivity contribution < 1.29 is 0 Å². The zero-order chi connectivity index (χ0) is 14.8. The highest BCUT2D eigenvalue weighted by atomic mass is 127. The summed E-state index contributed by atoms with van der Waals surface area (Å²) >= 11 is 10.8. The van der Waals surface area contributed by atoms with Crippen LogP contribution in [-0.2, 0) is 0 Å². The molecule has 0 spiro atoms. The van der Waals surface area contributed by atoms with Crippen molar-refractivity contribution in [3.05, 3.63) is 78.9 Å². The van der Waals surface area contributed by atoms with Crippen molar-refractivity contribution in [3.63, 3.8) is 0 Å². The predicted molar refractivity (Wildman–Crippen MR) is 108 cm³/mol. The smallest absolute Gasteiger partial charge is 0.0406 e. The SMILES string of the molecule is Clc1ccc(-c2cc(-c3ccccc3)cc(I)c2I)cc1. The molecule has 0 saturated heterocycles. The van der Waals surface area contributed by atoms with Gasteiger partial charge < -0.3 is 0 Å². The van der Waals surface area contributed by atoms with Crippen molar-refractivity contribution in [1.29, 1.82) is 0 Å². The topological polar surface area (TPSA) is 0 Å². The van der Waals surface area contributed by atoms with E-state index in [0.717, 1.165) is 5.02 Å². The van der Waals surface area contributed by atoms with E-state index in [0.29, 0.717) is 0 Å². The Bertz CT molecular complexity index is 765. The van der Waals surface area contributed by atoms with Crippen LogP contribution in [0.3, 0.4) is 0 Å².